The van der Waals surface area contributed by atoms with Crippen LogP contribution in [-0.2, 0) is 27.4 Å². The number of likely N-dealkylation sites (tertiary alicyclic amines) is 1. The molecular formula is C20H24F3N3O6. The number of hydrogen-bond donors (Lipinski definition) is 2. The minimum absolute atomic E-state index is 0.0514. The maximum atomic E-state index is 12.3. The molecule has 1 amide bonds. The number of halogens is 3. The summed E-state index contributed by atoms with van der Waals surface area (Å²) >= 11 is 0. The lowest BCUT2D eigenvalue weighted by molar-refractivity contribution is -0.192. The Bertz CT molecular complexity index is 899. The molecule has 0 radical (unpaired) electrons. The molecule has 0 aliphatic carbocycles. The van der Waals surface area contributed by atoms with Gasteiger partial charge < -0.3 is 24.1 Å². The first kappa shape index (κ1) is 23.8. The van der Waals surface area contributed by atoms with E-state index in [4.69, 9.17) is 23.6 Å². The minimum atomic E-state index is -5.08. The van der Waals surface area contributed by atoms with E-state index in [1.807, 2.05) is 25.1 Å². The third-order valence-corrected chi connectivity index (χ3v) is 5.25. The molecule has 0 saturated carbocycles. The zero-order valence-electron chi connectivity index (χ0n) is 17.3. The van der Waals surface area contributed by atoms with Crippen LogP contribution in [-0.4, -0.2) is 58.5 Å². The van der Waals surface area contributed by atoms with Gasteiger partial charge in [-0.15, -0.1) is 0 Å². The number of ether oxygens (including phenoxy) is 1. The number of nitrogens with one attached hydrogen (secondary N) is 1. The molecule has 2 N–H and O–H groups in total. The number of aromatic nitrogens is 1. The highest BCUT2D eigenvalue weighted by Gasteiger charge is 2.42. The number of carbonyl (C=O) groups excluding carboxylic acids is 1. The fourth-order valence-corrected chi connectivity index (χ4v) is 3.73. The van der Waals surface area contributed by atoms with Crippen molar-refractivity contribution in [2.75, 3.05) is 13.1 Å². The molecule has 4 rings (SSSR count). The van der Waals surface area contributed by atoms with Crippen molar-refractivity contribution in [3.63, 3.8) is 0 Å². The summed E-state index contributed by atoms with van der Waals surface area (Å²) < 4.78 is 48.1. The van der Waals surface area contributed by atoms with Gasteiger partial charge in [-0.1, -0.05) is 5.16 Å². The van der Waals surface area contributed by atoms with Gasteiger partial charge in [0.2, 0.25) is 5.91 Å². The van der Waals surface area contributed by atoms with Crippen LogP contribution in [0.1, 0.15) is 30.1 Å². The first-order valence-electron chi connectivity index (χ1n) is 10.0. The maximum absolute atomic E-state index is 12.3. The SMILES string of the molecule is Cc1cc(CN2CC[C@H]3C[C@H](C(=O)NCc4ccco4)O[C@H]3C2)no1.O=C(O)C(F)(F)F. The van der Waals surface area contributed by atoms with E-state index >= 15 is 0 Å². The van der Waals surface area contributed by atoms with Gasteiger partial charge in [-0.2, -0.15) is 13.2 Å². The molecule has 2 aromatic heterocycles. The van der Waals surface area contributed by atoms with Gasteiger partial charge in [0.25, 0.3) is 0 Å². The van der Waals surface area contributed by atoms with Crippen molar-refractivity contribution in [3.8, 4) is 0 Å². The zero-order chi connectivity index (χ0) is 23.3. The number of rotatable bonds is 5. The number of hydrogen-bond acceptors (Lipinski definition) is 7. The van der Waals surface area contributed by atoms with Gasteiger partial charge in [0.05, 0.1) is 24.6 Å². The third kappa shape index (κ3) is 6.57. The van der Waals surface area contributed by atoms with E-state index in [2.05, 4.69) is 15.4 Å². The number of aryl methyl sites for hydroxylation is 1. The van der Waals surface area contributed by atoms with E-state index in [1.54, 1.807) is 6.26 Å². The first-order chi connectivity index (χ1) is 15.1. The van der Waals surface area contributed by atoms with Gasteiger partial charge in [0.15, 0.2) is 0 Å². The summed E-state index contributed by atoms with van der Waals surface area (Å²) in [5, 5.41) is 14.1. The Labute approximate surface area is 181 Å². The first-order valence-corrected chi connectivity index (χ1v) is 10.0. The van der Waals surface area contributed by atoms with Crippen molar-refractivity contribution in [1.29, 1.82) is 0 Å². The third-order valence-electron chi connectivity index (χ3n) is 5.25. The van der Waals surface area contributed by atoms with Crippen LogP contribution in [0.3, 0.4) is 0 Å². The van der Waals surface area contributed by atoms with Crippen molar-refractivity contribution in [2.45, 2.75) is 51.2 Å². The van der Waals surface area contributed by atoms with E-state index in [0.717, 1.165) is 49.7 Å². The Kier molecular flexibility index (Phi) is 7.56. The Morgan fingerprint density at radius 3 is 2.72 bits per heavy atom. The predicted molar refractivity (Wildman–Crippen MR) is 102 cm³/mol. The molecule has 4 heterocycles. The molecule has 0 spiro atoms. The second-order valence-corrected chi connectivity index (χ2v) is 7.71. The number of carboxylic acid groups (broad SMARTS) is 1. The van der Waals surface area contributed by atoms with Crippen molar-refractivity contribution >= 4 is 11.9 Å². The van der Waals surface area contributed by atoms with Crippen LogP contribution in [0, 0.1) is 12.8 Å². The van der Waals surface area contributed by atoms with Crippen molar-refractivity contribution in [3.05, 3.63) is 41.7 Å². The van der Waals surface area contributed by atoms with E-state index in [9.17, 15) is 18.0 Å². The number of carbonyl (C=O) groups is 2. The van der Waals surface area contributed by atoms with Crippen LogP contribution in [0.5, 0.6) is 0 Å². The van der Waals surface area contributed by atoms with Crippen LogP contribution in [0.15, 0.2) is 33.4 Å². The Hall–Kier alpha value is -2.86. The molecule has 2 aliphatic rings. The molecule has 0 bridgehead atoms. The molecule has 0 aromatic carbocycles. The molecule has 176 valence electrons. The highest BCUT2D eigenvalue weighted by atomic mass is 19.4. The molecular weight excluding hydrogens is 435 g/mol. The minimum Gasteiger partial charge on any atom is -0.475 e. The normalized spacial score (nSPS) is 23.2. The smallest absolute Gasteiger partial charge is 0.475 e. The van der Waals surface area contributed by atoms with Crippen LogP contribution in [0.4, 0.5) is 13.2 Å². The number of piperidine rings is 1. The molecule has 3 atom stereocenters. The van der Waals surface area contributed by atoms with E-state index in [1.165, 1.54) is 0 Å². The van der Waals surface area contributed by atoms with Crippen molar-refractivity contribution in [2.24, 2.45) is 5.92 Å². The molecule has 2 aliphatic heterocycles. The molecule has 9 nitrogen and oxygen atoms in total. The summed E-state index contributed by atoms with van der Waals surface area (Å²) in [5.74, 6) is -0.778. The second kappa shape index (κ2) is 10.2. The predicted octanol–water partition coefficient (Wildman–Crippen LogP) is 2.51. The van der Waals surface area contributed by atoms with Crippen LogP contribution in [0.2, 0.25) is 0 Å². The summed E-state index contributed by atoms with van der Waals surface area (Å²) in [6.45, 7) is 4.89. The topological polar surface area (TPSA) is 118 Å². The zero-order valence-corrected chi connectivity index (χ0v) is 17.3. The number of amides is 1. The van der Waals surface area contributed by atoms with Gasteiger partial charge in [0.1, 0.15) is 17.6 Å². The molecule has 0 unspecified atom stereocenters. The lowest BCUT2D eigenvalue weighted by Crippen LogP contribution is -2.42. The van der Waals surface area contributed by atoms with Crippen molar-refractivity contribution in [1.82, 2.24) is 15.4 Å². The summed E-state index contributed by atoms with van der Waals surface area (Å²) in [5.41, 5.74) is 0.946. The van der Waals surface area contributed by atoms with E-state index < -0.39 is 12.1 Å². The molecule has 12 heteroatoms. The maximum Gasteiger partial charge on any atom is 0.490 e. The number of nitrogens with zero attached hydrogens (tertiary/aromatic N) is 2. The number of furan rings is 1. The molecule has 32 heavy (non-hydrogen) atoms. The second-order valence-electron chi connectivity index (χ2n) is 7.71. The van der Waals surface area contributed by atoms with Crippen LogP contribution >= 0.6 is 0 Å². The monoisotopic (exact) mass is 459 g/mol. The lowest BCUT2D eigenvalue weighted by Gasteiger charge is -2.33. The van der Waals surface area contributed by atoms with Gasteiger partial charge in [-0.05, 0) is 44.4 Å². The highest BCUT2D eigenvalue weighted by molar-refractivity contribution is 5.81. The fourth-order valence-electron chi connectivity index (χ4n) is 3.73. The Morgan fingerprint density at radius 1 is 1.38 bits per heavy atom. The molecule has 2 aromatic rings. The van der Waals surface area contributed by atoms with E-state index in [-0.39, 0.29) is 18.1 Å². The standard InChI is InChI=1S/C18H23N3O4.C2HF3O2/c1-12-7-14(20-25-12)10-21-5-4-13-8-16(24-17(13)11-21)18(22)19-9-15-3-2-6-23-15;3-2(4,5)1(6)7/h2-3,6-7,13,16-17H,4-5,8-11H2,1H3,(H,19,22);(H,6,7)/t13-,16+,17-;/m0./s1. The van der Waals surface area contributed by atoms with Gasteiger partial charge >= 0.3 is 12.1 Å². The van der Waals surface area contributed by atoms with Gasteiger partial charge in [-0.25, -0.2) is 4.79 Å². The average Bonchev–Trinajstić information content (AvgIpc) is 3.46. The Balaban J connectivity index is 0.000000360. The molecule has 2 fully saturated rings. The highest BCUT2D eigenvalue weighted by Crippen LogP contribution is 2.33. The Morgan fingerprint density at radius 2 is 2.12 bits per heavy atom. The quantitative estimate of drug-likeness (QED) is 0.700. The number of alkyl halides is 3. The number of fused-ring (bicyclic) bond motifs is 1. The number of aliphatic carboxylic acids is 1. The van der Waals surface area contributed by atoms with E-state index in [0.29, 0.717) is 12.5 Å². The number of carboxylic acids is 1. The molecule has 2 saturated heterocycles. The summed E-state index contributed by atoms with van der Waals surface area (Å²) in [4.78, 5) is 23.6. The fraction of sp³-hybridized carbons (Fsp3) is 0.550. The van der Waals surface area contributed by atoms with Crippen LogP contribution in [0.25, 0.3) is 0 Å². The summed E-state index contributed by atoms with van der Waals surface area (Å²) in [6, 6.07) is 5.62. The summed E-state index contributed by atoms with van der Waals surface area (Å²) in [6.07, 6.45) is -1.89. The van der Waals surface area contributed by atoms with Gasteiger partial charge in [-0.3, -0.25) is 9.69 Å². The summed E-state index contributed by atoms with van der Waals surface area (Å²) in [7, 11) is 0. The van der Waals surface area contributed by atoms with Gasteiger partial charge in [0, 0.05) is 19.2 Å². The van der Waals surface area contributed by atoms with Crippen LogP contribution < -0.4 is 5.32 Å². The largest absolute Gasteiger partial charge is 0.490 e. The van der Waals surface area contributed by atoms with Crippen molar-refractivity contribution < 1.29 is 41.5 Å². The average molecular weight is 459 g/mol. The lowest BCUT2D eigenvalue weighted by atomic mass is 9.91.